The second-order valence-corrected chi connectivity index (χ2v) is 6.93. The van der Waals surface area contributed by atoms with Crippen molar-refractivity contribution >= 4 is 47.6 Å². The molecule has 2 N–H and O–H groups in total. The molecule has 0 aliphatic heterocycles. The molecule has 148 valence electrons. The Bertz CT molecular complexity index is 570. The van der Waals surface area contributed by atoms with Crippen molar-refractivity contribution in [2.45, 2.75) is 20.0 Å². The Hall–Kier alpha value is -1.16. The molecule has 0 spiro atoms. The number of nitrogens with zero attached hydrogens (tertiary/aromatic N) is 2. The van der Waals surface area contributed by atoms with Crippen LogP contribution in [0.15, 0.2) is 29.3 Å². The summed E-state index contributed by atoms with van der Waals surface area (Å²) in [5.74, 6) is 2.45. The van der Waals surface area contributed by atoms with Crippen LogP contribution in [0.1, 0.15) is 12.5 Å². The van der Waals surface area contributed by atoms with Crippen LogP contribution in [0.5, 0.6) is 5.75 Å². The lowest BCUT2D eigenvalue weighted by atomic mass is 10.2. The highest BCUT2D eigenvalue weighted by atomic mass is 127. The zero-order chi connectivity index (χ0) is 18.7. The van der Waals surface area contributed by atoms with E-state index in [2.05, 4.69) is 21.9 Å². The first kappa shape index (κ1) is 24.8. The van der Waals surface area contributed by atoms with E-state index in [0.29, 0.717) is 12.5 Å². The van der Waals surface area contributed by atoms with Crippen molar-refractivity contribution in [3.05, 3.63) is 29.8 Å². The van der Waals surface area contributed by atoms with Crippen molar-refractivity contribution in [2.24, 2.45) is 4.99 Å². The lowest BCUT2D eigenvalue weighted by molar-refractivity contribution is -0.127. The van der Waals surface area contributed by atoms with Crippen molar-refractivity contribution in [1.29, 1.82) is 0 Å². The van der Waals surface area contributed by atoms with Gasteiger partial charge in [-0.3, -0.25) is 4.79 Å². The first-order valence-electron chi connectivity index (χ1n) is 8.37. The van der Waals surface area contributed by atoms with Crippen molar-refractivity contribution in [3.63, 3.8) is 0 Å². The Morgan fingerprint density at radius 3 is 2.62 bits per heavy atom. The Balaban J connectivity index is 0.00000625. The first-order chi connectivity index (χ1) is 11.9. The maximum atomic E-state index is 11.7. The molecule has 1 amide bonds. The SMILES string of the molecule is CSCCNC(=NCC(=O)N(C)C)NCC(C)Oc1ccccc1C.I. The van der Waals surface area contributed by atoms with E-state index in [1.165, 1.54) is 4.90 Å². The third-order valence-electron chi connectivity index (χ3n) is 3.45. The van der Waals surface area contributed by atoms with Crippen LogP contribution in [0.3, 0.4) is 0 Å². The summed E-state index contributed by atoms with van der Waals surface area (Å²) in [6.45, 7) is 5.53. The molecule has 0 heterocycles. The Morgan fingerprint density at radius 1 is 1.31 bits per heavy atom. The monoisotopic (exact) mass is 494 g/mol. The number of hydrogen-bond acceptors (Lipinski definition) is 4. The minimum Gasteiger partial charge on any atom is -0.489 e. The largest absolute Gasteiger partial charge is 0.489 e. The van der Waals surface area contributed by atoms with E-state index in [1.54, 1.807) is 25.9 Å². The number of carbonyl (C=O) groups excluding carboxylic acids is 1. The number of nitrogens with one attached hydrogen (secondary N) is 2. The van der Waals surface area contributed by atoms with E-state index >= 15 is 0 Å². The van der Waals surface area contributed by atoms with Crippen LogP contribution in [0.4, 0.5) is 0 Å². The molecule has 8 heteroatoms. The summed E-state index contributed by atoms with van der Waals surface area (Å²) < 4.78 is 5.96. The highest BCUT2D eigenvalue weighted by Gasteiger charge is 2.08. The molecule has 0 aromatic heterocycles. The van der Waals surface area contributed by atoms with Gasteiger partial charge in [-0.1, -0.05) is 18.2 Å². The summed E-state index contributed by atoms with van der Waals surface area (Å²) >= 11 is 1.76. The molecular weight excluding hydrogens is 463 g/mol. The van der Waals surface area contributed by atoms with Gasteiger partial charge < -0.3 is 20.3 Å². The van der Waals surface area contributed by atoms with Crippen molar-refractivity contribution < 1.29 is 9.53 Å². The second-order valence-electron chi connectivity index (χ2n) is 5.95. The van der Waals surface area contributed by atoms with E-state index in [1.807, 2.05) is 38.1 Å². The van der Waals surface area contributed by atoms with Gasteiger partial charge in [0.2, 0.25) is 5.91 Å². The number of carbonyl (C=O) groups is 1. The fourth-order valence-corrected chi connectivity index (χ4v) is 2.23. The van der Waals surface area contributed by atoms with Crippen LogP contribution >= 0.6 is 35.7 Å². The molecular formula is C18H31IN4O2S. The topological polar surface area (TPSA) is 66.0 Å². The molecule has 26 heavy (non-hydrogen) atoms. The zero-order valence-corrected chi connectivity index (χ0v) is 19.4. The number of aliphatic imine (C=N–C) groups is 1. The molecule has 0 bridgehead atoms. The lowest BCUT2D eigenvalue weighted by Crippen LogP contribution is -2.43. The van der Waals surface area contributed by atoms with Crippen LogP contribution < -0.4 is 15.4 Å². The summed E-state index contributed by atoms with van der Waals surface area (Å²) in [7, 11) is 3.45. The minimum absolute atomic E-state index is 0. The molecule has 6 nitrogen and oxygen atoms in total. The quantitative estimate of drug-likeness (QED) is 0.239. The van der Waals surface area contributed by atoms with E-state index in [0.717, 1.165) is 23.6 Å². The molecule has 0 saturated heterocycles. The fourth-order valence-electron chi connectivity index (χ4n) is 1.92. The number of guanidine groups is 1. The van der Waals surface area contributed by atoms with Gasteiger partial charge in [-0.25, -0.2) is 4.99 Å². The van der Waals surface area contributed by atoms with Gasteiger partial charge in [0.1, 0.15) is 18.4 Å². The predicted molar refractivity (Wildman–Crippen MR) is 122 cm³/mol. The fraction of sp³-hybridized carbons (Fsp3) is 0.556. The standard InChI is InChI=1S/C18H30N4O2S.HI/c1-14-8-6-7-9-16(14)24-15(2)12-20-18(19-10-11-25-5)21-13-17(23)22(3)4;/h6-9,15H,10-13H2,1-5H3,(H2,19,20,21);1H. The average molecular weight is 494 g/mol. The van der Waals surface area contributed by atoms with Gasteiger partial charge >= 0.3 is 0 Å². The number of amides is 1. The summed E-state index contributed by atoms with van der Waals surface area (Å²) in [6.07, 6.45) is 2.03. The number of likely N-dealkylation sites (N-methyl/N-ethyl adjacent to an activating group) is 1. The lowest BCUT2D eigenvalue weighted by Gasteiger charge is -2.19. The average Bonchev–Trinajstić information content (AvgIpc) is 2.58. The number of aryl methyl sites for hydroxylation is 1. The number of para-hydroxylation sites is 1. The molecule has 0 saturated carbocycles. The number of halogens is 1. The van der Waals surface area contributed by atoms with Crippen molar-refractivity contribution in [1.82, 2.24) is 15.5 Å². The van der Waals surface area contributed by atoms with E-state index in [-0.39, 0.29) is 42.5 Å². The van der Waals surface area contributed by atoms with Gasteiger partial charge in [-0.2, -0.15) is 11.8 Å². The van der Waals surface area contributed by atoms with Gasteiger partial charge in [0, 0.05) is 26.4 Å². The highest BCUT2D eigenvalue weighted by molar-refractivity contribution is 14.0. The van der Waals surface area contributed by atoms with Crippen LogP contribution in [0.2, 0.25) is 0 Å². The van der Waals surface area contributed by atoms with Crippen LogP contribution in [0, 0.1) is 6.92 Å². The second kappa shape index (κ2) is 14.0. The zero-order valence-electron chi connectivity index (χ0n) is 16.2. The summed E-state index contributed by atoms with van der Waals surface area (Å²) in [5.41, 5.74) is 1.11. The third-order valence-corrected chi connectivity index (χ3v) is 4.06. The van der Waals surface area contributed by atoms with Crippen LogP contribution in [-0.4, -0.2) is 68.6 Å². The highest BCUT2D eigenvalue weighted by Crippen LogP contribution is 2.17. The Kier molecular flexibility index (Phi) is 13.3. The molecule has 0 fully saturated rings. The molecule has 1 aromatic carbocycles. The van der Waals surface area contributed by atoms with Crippen molar-refractivity contribution in [3.8, 4) is 5.75 Å². The van der Waals surface area contributed by atoms with Gasteiger partial charge in [0.25, 0.3) is 0 Å². The molecule has 1 unspecified atom stereocenters. The van der Waals surface area contributed by atoms with E-state index in [9.17, 15) is 4.79 Å². The van der Waals surface area contributed by atoms with Crippen LogP contribution in [-0.2, 0) is 4.79 Å². The van der Waals surface area contributed by atoms with Gasteiger partial charge in [-0.05, 0) is 31.7 Å². The molecule has 0 aliphatic carbocycles. The van der Waals surface area contributed by atoms with Gasteiger partial charge in [-0.15, -0.1) is 24.0 Å². The normalized spacial score (nSPS) is 12.0. The smallest absolute Gasteiger partial charge is 0.243 e. The van der Waals surface area contributed by atoms with E-state index in [4.69, 9.17) is 4.74 Å². The Labute approximate surface area is 178 Å². The molecule has 0 radical (unpaired) electrons. The summed E-state index contributed by atoms with van der Waals surface area (Å²) in [6, 6.07) is 7.95. The number of ether oxygens (including phenoxy) is 1. The van der Waals surface area contributed by atoms with Crippen molar-refractivity contribution in [2.75, 3.05) is 45.7 Å². The predicted octanol–water partition coefficient (Wildman–Crippen LogP) is 2.37. The van der Waals surface area contributed by atoms with Gasteiger partial charge in [0.15, 0.2) is 5.96 Å². The maximum absolute atomic E-state index is 11.7. The maximum Gasteiger partial charge on any atom is 0.243 e. The number of rotatable bonds is 9. The summed E-state index contributed by atoms with van der Waals surface area (Å²) in [4.78, 5) is 17.6. The molecule has 1 atom stereocenters. The molecule has 1 rings (SSSR count). The molecule has 0 aliphatic rings. The number of thioether (sulfide) groups is 1. The summed E-state index contributed by atoms with van der Waals surface area (Å²) in [5, 5.41) is 6.48. The first-order valence-corrected chi connectivity index (χ1v) is 9.77. The Morgan fingerprint density at radius 2 is 2.00 bits per heavy atom. The van der Waals surface area contributed by atoms with Gasteiger partial charge in [0.05, 0.1) is 6.54 Å². The van der Waals surface area contributed by atoms with E-state index < -0.39 is 0 Å². The van der Waals surface area contributed by atoms with Crippen LogP contribution in [0.25, 0.3) is 0 Å². The third kappa shape index (κ3) is 10.1. The molecule has 1 aromatic rings. The number of hydrogen-bond donors (Lipinski definition) is 2. The minimum atomic E-state index is -0.0322. The number of benzene rings is 1.